The molecular formula is C28H24N2O5. The molecule has 7 heteroatoms. The van der Waals surface area contributed by atoms with E-state index in [2.05, 4.69) is 4.57 Å². The molecule has 0 aliphatic carbocycles. The molecule has 0 saturated carbocycles. The maximum Gasteiger partial charge on any atom is 0.337 e. The number of aromatic nitrogens is 1. The molecule has 0 atom stereocenters. The second kappa shape index (κ2) is 9.48. The number of nitrogens with zero attached hydrogens (tertiary/aromatic N) is 1. The Kier molecular flexibility index (Phi) is 6.08. The number of benzene rings is 3. The average molecular weight is 469 g/mol. The fraction of sp³-hybridized carbons (Fsp3) is 0.143. The summed E-state index contributed by atoms with van der Waals surface area (Å²) >= 11 is 0. The lowest BCUT2D eigenvalue weighted by Gasteiger charge is -2.11. The van der Waals surface area contributed by atoms with Crippen molar-refractivity contribution in [3.63, 3.8) is 0 Å². The molecule has 7 nitrogen and oxygen atoms in total. The number of carbonyl (C=O) groups excluding carboxylic acids is 2. The van der Waals surface area contributed by atoms with Crippen molar-refractivity contribution in [3.05, 3.63) is 90.2 Å². The van der Waals surface area contributed by atoms with Crippen molar-refractivity contribution in [3.8, 4) is 17.1 Å². The van der Waals surface area contributed by atoms with E-state index in [1.165, 1.54) is 0 Å². The van der Waals surface area contributed by atoms with Gasteiger partial charge in [0.05, 0.1) is 22.7 Å². The largest absolute Gasteiger partial charge is 0.464 e. The predicted octanol–water partition coefficient (Wildman–Crippen LogP) is 5.14. The van der Waals surface area contributed by atoms with Gasteiger partial charge in [0.1, 0.15) is 18.1 Å². The fourth-order valence-corrected chi connectivity index (χ4v) is 4.37. The first-order chi connectivity index (χ1) is 17.1. The van der Waals surface area contributed by atoms with Gasteiger partial charge >= 0.3 is 5.97 Å². The highest BCUT2D eigenvalue weighted by molar-refractivity contribution is 6.20. The van der Waals surface area contributed by atoms with Gasteiger partial charge in [-0.2, -0.15) is 0 Å². The third kappa shape index (κ3) is 4.29. The van der Waals surface area contributed by atoms with E-state index in [0.717, 1.165) is 22.2 Å². The summed E-state index contributed by atoms with van der Waals surface area (Å²) in [4.78, 5) is 25.0. The average Bonchev–Trinajstić information content (AvgIpc) is 3.51. The van der Waals surface area contributed by atoms with Gasteiger partial charge in [-0.05, 0) is 48.9 Å². The number of primary amides is 1. The third-order valence-electron chi connectivity index (χ3n) is 5.86. The van der Waals surface area contributed by atoms with Crippen LogP contribution in [-0.4, -0.2) is 29.7 Å². The Morgan fingerprint density at radius 3 is 2.49 bits per heavy atom. The highest BCUT2D eigenvalue weighted by Crippen LogP contribution is 2.41. The van der Waals surface area contributed by atoms with Gasteiger partial charge in [-0.15, -0.1) is 0 Å². The van der Waals surface area contributed by atoms with Gasteiger partial charge in [-0.3, -0.25) is 4.79 Å². The van der Waals surface area contributed by atoms with Gasteiger partial charge in [0.25, 0.3) is 0 Å². The Bertz CT molecular complexity index is 1520. The van der Waals surface area contributed by atoms with Crippen molar-refractivity contribution in [2.24, 2.45) is 5.73 Å². The minimum absolute atomic E-state index is 0.186. The lowest BCUT2D eigenvalue weighted by Crippen LogP contribution is -2.16. The van der Waals surface area contributed by atoms with Crippen LogP contribution in [0, 0.1) is 0 Å². The minimum atomic E-state index is -0.559. The number of amides is 1. The summed E-state index contributed by atoms with van der Waals surface area (Å²) in [5.41, 5.74) is 9.52. The summed E-state index contributed by atoms with van der Waals surface area (Å²) < 4.78 is 18.8. The van der Waals surface area contributed by atoms with E-state index in [9.17, 15) is 9.59 Å². The molecule has 0 aliphatic heterocycles. The molecular weight excluding hydrogens is 444 g/mol. The summed E-state index contributed by atoms with van der Waals surface area (Å²) in [6.07, 6.45) is 1.59. The van der Waals surface area contributed by atoms with Crippen LogP contribution in [0.25, 0.3) is 33.1 Å². The van der Waals surface area contributed by atoms with Crippen LogP contribution in [-0.2, 0) is 16.1 Å². The van der Waals surface area contributed by atoms with Crippen molar-refractivity contribution in [1.82, 2.24) is 4.57 Å². The number of esters is 1. The van der Waals surface area contributed by atoms with Crippen molar-refractivity contribution in [2.45, 2.75) is 13.5 Å². The Hall–Kier alpha value is -4.36. The first kappa shape index (κ1) is 22.4. The van der Waals surface area contributed by atoms with Crippen LogP contribution in [0.5, 0.6) is 5.75 Å². The van der Waals surface area contributed by atoms with Crippen molar-refractivity contribution in [2.75, 3.05) is 13.2 Å². The molecule has 176 valence electrons. The number of carbonyl (C=O) groups is 2. The highest BCUT2D eigenvalue weighted by Gasteiger charge is 2.23. The molecule has 0 radical (unpaired) electrons. The predicted molar refractivity (Wildman–Crippen MR) is 133 cm³/mol. The number of fused-ring (bicyclic) bond motifs is 3. The topological polar surface area (TPSA) is 96.7 Å². The molecule has 0 spiro atoms. The molecule has 0 fully saturated rings. The SMILES string of the molecule is CCOCC(=O)Oc1cc(-c2ccco2)cc2c1c1c(C(N)=O)cccc1n2Cc1ccccc1. The second-order valence-corrected chi connectivity index (χ2v) is 8.09. The molecule has 3 aromatic carbocycles. The van der Waals surface area contributed by atoms with Crippen LogP contribution >= 0.6 is 0 Å². The van der Waals surface area contributed by atoms with Crippen LogP contribution in [0.3, 0.4) is 0 Å². The summed E-state index contributed by atoms with van der Waals surface area (Å²) in [5, 5.41) is 1.27. The summed E-state index contributed by atoms with van der Waals surface area (Å²) in [5.74, 6) is -0.161. The van der Waals surface area contributed by atoms with E-state index >= 15 is 0 Å². The number of nitrogens with two attached hydrogens (primary N) is 1. The first-order valence-corrected chi connectivity index (χ1v) is 11.3. The van der Waals surface area contributed by atoms with Gasteiger partial charge < -0.3 is 24.2 Å². The van der Waals surface area contributed by atoms with Gasteiger partial charge in [0.2, 0.25) is 5.91 Å². The number of rotatable bonds is 8. The molecule has 5 aromatic rings. The van der Waals surface area contributed by atoms with Crippen LogP contribution < -0.4 is 10.5 Å². The lowest BCUT2D eigenvalue weighted by molar-refractivity contribution is -0.139. The van der Waals surface area contributed by atoms with Gasteiger partial charge in [0.15, 0.2) is 0 Å². The lowest BCUT2D eigenvalue weighted by atomic mass is 10.0. The monoisotopic (exact) mass is 468 g/mol. The van der Waals surface area contributed by atoms with Crippen LogP contribution in [0.15, 0.2) is 83.5 Å². The zero-order valence-electron chi connectivity index (χ0n) is 19.2. The number of hydrogen-bond acceptors (Lipinski definition) is 5. The van der Waals surface area contributed by atoms with Crippen molar-refractivity contribution >= 4 is 33.7 Å². The number of ether oxygens (including phenoxy) is 2. The molecule has 0 saturated heterocycles. The molecule has 2 N–H and O–H groups in total. The summed E-state index contributed by atoms with van der Waals surface area (Å²) in [7, 11) is 0. The van der Waals surface area contributed by atoms with Gasteiger partial charge in [0, 0.05) is 29.7 Å². The van der Waals surface area contributed by atoms with E-state index < -0.39 is 11.9 Å². The smallest absolute Gasteiger partial charge is 0.337 e. The molecule has 2 aromatic heterocycles. The minimum Gasteiger partial charge on any atom is -0.464 e. The quantitative estimate of drug-likeness (QED) is 0.251. The van der Waals surface area contributed by atoms with Crippen molar-refractivity contribution < 1.29 is 23.5 Å². The first-order valence-electron chi connectivity index (χ1n) is 11.3. The Morgan fingerprint density at radius 1 is 0.943 bits per heavy atom. The van der Waals surface area contributed by atoms with Crippen LogP contribution in [0.4, 0.5) is 0 Å². The number of hydrogen-bond donors (Lipinski definition) is 1. The Balaban J connectivity index is 1.83. The van der Waals surface area contributed by atoms with E-state index in [1.54, 1.807) is 37.5 Å². The Morgan fingerprint density at radius 2 is 1.77 bits per heavy atom. The second-order valence-electron chi connectivity index (χ2n) is 8.09. The zero-order chi connectivity index (χ0) is 24.4. The Labute approximate surface area is 201 Å². The molecule has 35 heavy (non-hydrogen) atoms. The van der Waals surface area contributed by atoms with E-state index in [4.69, 9.17) is 19.6 Å². The summed E-state index contributed by atoms with van der Waals surface area (Å²) in [6.45, 7) is 2.55. The van der Waals surface area contributed by atoms with E-state index in [-0.39, 0.29) is 6.61 Å². The molecule has 5 rings (SSSR count). The molecule has 2 heterocycles. The molecule has 0 bridgehead atoms. The van der Waals surface area contributed by atoms with Gasteiger partial charge in [-0.25, -0.2) is 4.79 Å². The van der Waals surface area contributed by atoms with Crippen LogP contribution in [0.1, 0.15) is 22.8 Å². The van der Waals surface area contributed by atoms with Crippen molar-refractivity contribution in [1.29, 1.82) is 0 Å². The standard InChI is InChI=1S/C28H24N2O5/c1-2-33-17-25(31)35-24-15-19(23-12-7-13-34-23)14-22-27(24)26-20(28(29)32)10-6-11-21(26)30(22)16-18-8-4-3-5-9-18/h3-15H,2,16-17H2,1H3,(H2,29,32). The molecule has 0 aliphatic rings. The fourth-order valence-electron chi connectivity index (χ4n) is 4.37. The van der Waals surface area contributed by atoms with E-state index in [0.29, 0.717) is 41.0 Å². The highest BCUT2D eigenvalue weighted by atomic mass is 16.6. The maximum atomic E-state index is 12.6. The normalized spacial score (nSPS) is 11.2. The molecule has 1 amide bonds. The van der Waals surface area contributed by atoms with E-state index in [1.807, 2.05) is 48.5 Å². The zero-order valence-corrected chi connectivity index (χ0v) is 19.2. The molecule has 0 unspecified atom stereocenters. The summed E-state index contributed by atoms with van der Waals surface area (Å²) in [6, 6.07) is 22.8. The number of furan rings is 1. The van der Waals surface area contributed by atoms with Crippen LogP contribution in [0.2, 0.25) is 0 Å². The maximum absolute atomic E-state index is 12.6. The third-order valence-corrected chi connectivity index (χ3v) is 5.86. The van der Waals surface area contributed by atoms with Gasteiger partial charge in [-0.1, -0.05) is 36.4 Å².